The van der Waals surface area contributed by atoms with E-state index in [1.807, 2.05) is 13.0 Å². The van der Waals surface area contributed by atoms with Crippen LogP contribution in [0.3, 0.4) is 0 Å². The van der Waals surface area contributed by atoms with Crippen molar-refractivity contribution in [1.29, 1.82) is 0 Å². The van der Waals surface area contributed by atoms with Gasteiger partial charge in [-0.2, -0.15) is 0 Å². The Labute approximate surface area is 111 Å². The molecule has 0 heterocycles. The van der Waals surface area contributed by atoms with Crippen molar-refractivity contribution in [2.24, 2.45) is 0 Å². The predicted octanol–water partition coefficient (Wildman–Crippen LogP) is 2.75. The lowest BCUT2D eigenvalue weighted by Gasteiger charge is -2.13. The summed E-state index contributed by atoms with van der Waals surface area (Å²) in [6.45, 7) is 2.18. The SMILES string of the molecule is CCCS(=O)(=O)Nc1cccc(Br)c1COC. The third-order valence-corrected chi connectivity index (χ3v) is 4.37. The molecule has 1 aromatic carbocycles. The van der Waals surface area contributed by atoms with E-state index in [4.69, 9.17) is 4.74 Å². The molecule has 1 N–H and O–H groups in total. The zero-order valence-electron chi connectivity index (χ0n) is 9.86. The molecule has 0 saturated heterocycles. The number of hydrogen-bond acceptors (Lipinski definition) is 3. The van der Waals surface area contributed by atoms with Crippen molar-refractivity contribution >= 4 is 31.6 Å². The molecule has 0 fully saturated rings. The lowest BCUT2D eigenvalue weighted by molar-refractivity contribution is 0.185. The molecule has 96 valence electrons. The number of halogens is 1. The molecule has 0 aliphatic carbocycles. The lowest BCUT2D eigenvalue weighted by atomic mass is 10.2. The van der Waals surface area contributed by atoms with Crippen LogP contribution in [0.5, 0.6) is 0 Å². The molecule has 0 aliphatic heterocycles. The summed E-state index contributed by atoms with van der Waals surface area (Å²) in [7, 11) is -1.70. The molecule has 0 saturated carbocycles. The van der Waals surface area contributed by atoms with Crippen molar-refractivity contribution in [2.75, 3.05) is 17.6 Å². The molecule has 1 aromatic rings. The Bertz CT molecular complexity index is 474. The molecule has 0 spiro atoms. The van der Waals surface area contributed by atoms with Gasteiger partial charge in [0.1, 0.15) is 0 Å². The first-order valence-corrected chi connectivity index (χ1v) is 7.71. The van der Waals surface area contributed by atoms with Crippen LogP contribution in [0.1, 0.15) is 18.9 Å². The second-order valence-corrected chi connectivity index (χ2v) is 6.32. The van der Waals surface area contributed by atoms with Crippen LogP contribution in [0.2, 0.25) is 0 Å². The maximum atomic E-state index is 11.7. The Morgan fingerprint density at radius 1 is 1.41 bits per heavy atom. The number of ether oxygens (including phenoxy) is 1. The Hall–Kier alpha value is -0.590. The molecule has 0 unspecified atom stereocenters. The third kappa shape index (κ3) is 4.29. The standard InChI is InChI=1S/C11H16BrNO3S/c1-3-7-17(14,15)13-11-6-4-5-10(12)9(11)8-16-2/h4-6,13H,3,7-8H2,1-2H3. The minimum absolute atomic E-state index is 0.117. The fourth-order valence-electron chi connectivity index (χ4n) is 1.43. The second-order valence-electron chi connectivity index (χ2n) is 3.62. The number of hydrogen-bond donors (Lipinski definition) is 1. The van der Waals surface area contributed by atoms with Crippen LogP contribution in [-0.2, 0) is 21.4 Å². The van der Waals surface area contributed by atoms with Gasteiger partial charge in [-0.05, 0) is 18.6 Å². The molecule has 0 amide bonds. The summed E-state index contributed by atoms with van der Waals surface area (Å²) < 4.78 is 31.9. The predicted molar refractivity (Wildman–Crippen MR) is 72.6 cm³/mol. The summed E-state index contributed by atoms with van der Waals surface area (Å²) in [5.41, 5.74) is 1.37. The molecule has 0 aromatic heterocycles. The molecule has 0 aliphatic rings. The van der Waals surface area contributed by atoms with Crippen LogP contribution in [0.25, 0.3) is 0 Å². The van der Waals surface area contributed by atoms with E-state index in [9.17, 15) is 8.42 Å². The van der Waals surface area contributed by atoms with Gasteiger partial charge in [0.15, 0.2) is 0 Å². The van der Waals surface area contributed by atoms with Gasteiger partial charge in [-0.15, -0.1) is 0 Å². The molecular formula is C11H16BrNO3S. The largest absolute Gasteiger partial charge is 0.380 e. The van der Waals surface area contributed by atoms with E-state index in [2.05, 4.69) is 20.7 Å². The topological polar surface area (TPSA) is 55.4 Å². The summed E-state index contributed by atoms with van der Waals surface area (Å²) in [5, 5.41) is 0. The minimum atomic E-state index is -3.27. The van der Waals surface area contributed by atoms with Crippen LogP contribution in [-0.4, -0.2) is 21.3 Å². The molecule has 17 heavy (non-hydrogen) atoms. The smallest absolute Gasteiger partial charge is 0.232 e. The van der Waals surface area contributed by atoms with E-state index in [1.165, 1.54) is 0 Å². The van der Waals surface area contributed by atoms with Crippen LogP contribution in [0, 0.1) is 0 Å². The van der Waals surface area contributed by atoms with Crippen molar-refractivity contribution in [2.45, 2.75) is 20.0 Å². The van der Waals surface area contributed by atoms with Gasteiger partial charge in [0.2, 0.25) is 10.0 Å². The first-order chi connectivity index (χ1) is 8.00. The average Bonchev–Trinajstić information content (AvgIpc) is 2.22. The summed E-state index contributed by atoms with van der Waals surface area (Å²) in [6, 6.07) is 5.37. The van der Waals surface area contributed by atoms with Crippen molar-refractivity contribution < 1.29 is 13.2 Å². The van der Waals surface area contributed by atoms with Crippen LogP contribution in [0.4, 0.5) is 5.69 Å². The fraction of sp³-hybridized carbons (Fsp3) is 0.455. The summed E-state index contributed by atoms with van der Waals surface area (Å²) in [5.74, 6) is 0.117. The fourth-order valence-corrected chi connectivity index (χ4v) is 3.08. The number of methoxy groups -OCH3 is 1. The van der Waals surface area contributed by atoms with Crippen molar-refractivity contribution in [3.63, 3.8) is 0 Å². The van der Waals surface area contributed by atoms with Crippen molar-refractivity contribution in [3.05, 3.63) is 28.2 Å². The van der Waals surface area contributed by atoms with E-state index in [0.29, 0.717) is 18.7 Å². The van der Waals surface area contributed by atoms with Gasteiger partial charge in [-0.1, -0.05) is 28.9 Å². The Balaban J connectivity index is 3.02. The number of sulfonamides is 1. The molecule has 4 nitrogen and oxygen atoms in total. The summed E-state index contributed by atoms with van der Waals surface area (Å²) in [4.78, 5) is 0. The van der Waals surface area contributed by atoms with Gasteiger partial charge in [-0.3, -0.25) is 4.72 Å². The zero-order chi connectivity index (χ0) is 12.9. The second kappa shape index (κ2) is 6.37. The van der Waals surface area contributed by atoms with Gasteiger partial charge >= 0.3 is 0 Å². The monoisotopic (exact) mass is 321 g/mol. The highest BCUT2D eigenvalue weighted by molar-refractivity contribution is 9.10. The van der Waals surface area contributed by atoms with E-state index in [-0.39, 0.29) is 5.75 Å². The molecule has 0 bridgehead atoms. The van der Waals surface area contributed by atoms with Crippen molar-refractivity contribution in [1.82, 2.24) is 0 Å². The van der Waals surface area contributed by atoms with Gasteiger partial charge < -0.3 is 4.74 Å². The molecule has 1 rings (SSSR count). The summed E-state index contributed by atoms with van der Waals surface area (Å²) >= 11 is 3.38. The third-order valence-electron chi connectivity index (χ3n) is 2.15. The maximum Gasteiger partial charge on any atom is 0.232 e. The average molecular weight is 322 g/mol. The zero-order valence-corrected chi connectivity index (χ0v) is 12.3. The van der Waals surface area contributed by atoms with Crippen molar-refractivity contribution in [3.8, 4) is 0 Å². The Morgan fingerprint density at radius 2 is 2.12 bits per heavy atom. The molecule has 0 atom stereocenters. The van der Waals surface area contributed by atoms with Gasteiger partial charge in [-0.25, -0.2) is 8.42 Å². The normalized spacial score (nSPS) is 11.5. The highest BCUT2D eigenvalue weighted by Crippen LogP contribution is 2.26. The number of benzene rings is 1. The van der Waals surface area contributed by atoms with Crippen LogP contribution >= 0.6 is 15.9 Å². The molecule has 0 radical (unpaired) electrons. The van der Waals surface area contributed by atoms with Crippen LogP contribution in [0.15, 0.2) is 22.7 Å². The maximum absolute atomic E-state index is 11.7. The quantitative estimate of drug-likeness (QED) is 0.876. The highest BCUT2D eigenvalue weighted by Gasteiger charge is 2.13. The van der Waals surface area contributed by atoms with Gasteiger partial charge in [0.25, 0.3) is 0 Å². The van der Waals surface area contributed by atoms with Crippen LogP contribution < -0.4 is 4.72 Å². The van der Waals surface area contributed by atoms with E-state index in [0.717, 1.165) is 10.0 Å². The van der Waals surface area contributed by atoms with E-state index < -0.39 is 10.0 Å². The number of rotatable bonds is 6. The Kier molecular flexibility index (Phi) is 5.42. The Morgan fingerprint density at radius 3 is 2.71 bits per heavy atom. The van der Waals surface area contributed by atoms with E-state index >= 15 is 0 Å². The molecule has 6 heteroatoms. The van der Waals surface area contributed by atoms with Gasteiger partial charge in [0.05, 0.1) is 18.0 Å². The molecular weight excluding hydrogens is 306 g/mol. The first kappa shape index (κ1) is 14.5. The summed E-state index contributed by atoms with van der Waals surface area (Å²) in [6.07, 6.45) is 0.586. The lowest BCUT2D eigenvalue weighted by Crippen LogP contribution is -2.17. The number of anilines is 1. The van der Waals surface area contributed by atoms with Gasteiger partial charge in [0, 0.05) is 17.1 Å². The number of nitrogens with one attached hydrogen (secondary N) is 1. The first-order valence-electron chi connectivity index (χ1n) is 5.27. The minimum Gasteiger partial charge on any atom is -0.380 e. The van der Waals surface area contributed by atoms with E-state index in [1.54, 1.807) is 19.2 Å². The highest BCUT2D eigenvalue weighted by atomic mass is 79.9.